The number of aromatic nitrogens is 5. The van der Waals surface area contributed by atoms with E-state index in [9.17, 15) is 4.39 Å². The van der Waals surface area contributed by atoms with Crippen LogP contribution in [0.25, 0.3) is 11.2 Å². The van der Waals surface area contributed by atoms with Crippen LogP contribution in [0.4, 0.5) is 10.2 Å². The Kier molecular flexibility index (Phi) is 2.88. The number of halogens is 1. The summed E-state index contributed by atoms with van der Waals surface area (Å²) in [5.74, 6) is 0.757. The highest BCUT2D eigenvalue weighted by atomic mass is 19.1. The van der Waals surface area contributed by atoms with Crippen molar-refractivity contribution in [1.82, 2.24) is 25.4 Å². The number of pyridine rings is 2. The Labute approximate surface area is 124 Å². The Balaban J connectivity index is 1.57. The van der Waals surface area contributed by atoms with Gasteiger partial charge < -0.3 is 10.5 Å². The van der Waals surface area contributed by atoms with Crippen molar-refractivity contribution >= 4 is 17.0 Å². The van der Waals surface area contributed by atoms with Crippen LogP contribution in [0.2, 0.25) is 0 Å². The minimum absolute atomic E-state index is 0.0117. The van der Waals surface area contributed by atoms with E-state index in [1.807, 2.05) is 0 Å². The molecule has 7 nitrogen and oxygen atoms in total. The zero-order valence-electron chi connectivity index (χ0n) is 11.6. The summed E-state index contributed by atoms with van der Waals surface area (Å²) < 4.78 is 19.7. The predicted molar refractivity (Wildman–Crippen MR) is 76.6 cm³/mol. The molecule has 0 amide bonds. The first-order valence-corrected chi connectivity index (χ1v) is 6.95. The van der Waals surface area contributed by atoms with Gasteiger partial charge in [-0.1, -0.05) is 0 Å². The molecule has 0 aromatic carbocycles. The second kappa shape index (κ2) is 4.90. The van der Waals surface area contributed by atoms with E-state index >= 15 is 0 Å². The standard InChI is InChI=1S/C14H13FN6O/c15-9-3-8(7-1-2-7)5-17-10(9)6-22-11-4-12(16)18-14-13(11)19-21-20-14/h3-5,7H,1-2,6H2,(H3,16,18,19,20,21). The lowest BCUT2D eigenvalue weighted by Crippen LogP contribution is -2.04. The van der Waals surface area contributed by atoms with E-state index in [4.69, 9.17) is 10.5 Å². The van der Waals surface area contributed by atoms with E-state index in [-0.39, 0.29) is 23.9 Å². The number of anilines is 1. The number of nitrogens with one attached hydrogen (secondary N) is 1. The molecule has 1 saturated carbocycles. The van der Waals surface area contributed by atoms with Gasteiger partial charge in [0.15, 0.2) is 11.3 Å². The molecule has 112 valence electrons. The molecule has 1 aliphatic rings. The Hall–Kier alpha value is -2.77. The molecule has 0 radical (unpaired) electrons. The topological polar surface area (TPSA) is 103 Å². The number of nitrogens with zero attached hydrogens (tertiary/aromatic N) is 4. The molecule has 0 saturated heterocycles. The smallest absolute Gasteiger partial charge is 0.207 e. The number of ether oxygens (including phenoxy) is 1. The molecule has 0 bridgehead atoms. The third-order valence-corrected chi connectivity index (χ3v) is 3.63. The van der Waals surface area contributed by atoms with Crippen LogP contribution >= 0.6 is 0 Å². The minimum atomic E-state index is -0.358. The zero-order valence-corrected chi connectivity index (χ0v) is 11.6. The summed E-state index contributed by atoms with van der Waals surface area (Å²) in [6.45, 7) is -0.0117. The first-order valence-electron chi connectivity index (χ1n) is 6.95. The van der Waals surface area contributed by atoms with Gasteiger partial charge in [-0.15, -0.1) is 5.10 Å². The number of nitrogens with two attached hydrogens (primary N) is 1. The second-order valence-electron chi connectivity index (χ2n) is 5.30. The third-order valence-electron chi connectivity index (χ3n) is 3.63. The Bertz CT molecular complexity index is 844. The van der Waals surface area contributed by atoms with E-state index in [0.717, 1.165) is 18.4 Å². The molecule has 3 aromatic heterocycles. The van der Waals surface area contributed by atoms with Crippen molar-refractivity contribution in [3.05, 3.63) is 35.4 Å². The average molecular weight is 300 g/mol. The van der Waals surface area contributed by atoms with Gasteiger partial charge in [0.1, 0.15) is 23.9 Å². The summed E-state index contributed by atoms with van der Waals surface area (Å²) in [5, 5.41) is 10.3. The van der Waals surface area contributed by atoms with Gasteiger partial charge in [-0.25, -0.2) is 9.37 Å². The highest BCUT2D eigenvalue weighted by molar-refractivity contribution is 5.78. The minimum Gasteiger partial charge on any atom is -0.485 e. The molecule has 3 N–H and O–H groups in total. The number of H-pyrrole nitrogens is 1. The molecule has 0 aliphatic heterocycles. The van der Waals surface area contributed by atoms with Crippen LogP contribution in [-0.2, 0) is 6.61 Å². The maximum Gasteiger partial charge on any atom is 0.207 e. The van der Waals surface area contributed by atoms with E-state index in [1.54, 1.807) is 6.20 Å². The summed E-state index contributed by atoms with van der Waals surface area (Å²) in [6.07, 6.45) is 3.93. The molecule has 1 aliphatic carbocycles. The van der Waals surface area contributed by atoms with Crippen molar-refractivity contribution < 1.29 is 9.13 Å². The van der Waals surface area contributed by atoms with Crippen LogP contribution in [0.5, 0.6) is 5.75 Å². The average Bonchev–Trinajstić information content (AvgIpc) is 3.24. The van der Waals surface area contributed by atoms with Gasteiger partial charge in [-0.2, -0.15) is 10.3 Å². The molecule has 0 atom stereocenters. The number of fused-ring (bicyclic) bond motifs is 1. The molecular weight excluding hydrogens is 287 g/mol. The number of nitrogen functional groups attached to an aromatic ring is 1. The largest absolute Gasteiger partial charge is 0.485 e. The maximum atomic E-state index is 14.1. The van der Waals surface area contributed by atoms with E-state index < -0.39 is 0 Å². The fraction of sp³-hybridized carbons (Fsp3) is 0.286. The predicted octanol–water partition coefficient (Wildman–Crippen LogP) is 1.93. The van der Waals surface area contributed by atoms with Gasteiger partial charge in [-0.05, 0) is 30.4 Å². The number of rotatable bonds is 4. The van der Waals surface area contributed by atoms with Gasteiger partial charge >= 0.3 is 0 Å². The van der Waals surface area contributed by atoms with E-state index in [0.29, 0.717) is 22.8 Å². The van der Waals surface area contributed by atoms with Crippen LogP contribution < -0.4 is 10.5 Å². The molecule has 3 aromatic rings. The fourth-order valence-electron chi connectivity index (χ4n) is 2.31. The van der Waals surface area contributed by atoms with Crippen molar-refractivity contribution in [3.8, 4) is 5.75 Å². The highest BCUT2D eigenvalue weighted by Crippen LogP contribution is 2.40. The van der Waals surface area contributed by atoms with Gasteiger partial charge in [0.2, 0.25) is 5.65 Å². The number of hydrogen-bond donors (Lipinski definition) is 2. The molecule has 4 rings (SSSR count). The van der Waals surface area contributed by atoms with Gasteiger partial charge in [-0.3, -0.25) is 4.98 Å². The van der Waals surface area contributed by atoms with Crippen molar-refractivity contribution in [2.45, 2.75) is 25.4 Å². The van der Waals surface area contributed by atoms with Crippen LogP contribution in [0.15, 0.2) is 18.3 Å². The van der Waals surface area contributed by atoms with Crippen molar-refractivity contribution in [3.63, 3.8) is 0 Å². The Morgan fingerprint density at radius 1 is 1.32 bits per heavy atom. The van der Waals surface area contributed by atoms with Crippen molar-refractivity contribution in [2.75, 3.05) is 5.73 Å². The SMILES string of the molecule is Nc1cc(OCc2ncc(C3CC3)cc2F)c2n[nH]nc2n1. The van der Waals surface area contributed by atoms with E-state index in [2.05, 4.69) is 25.4 Å². The van der Waals surface area contributed by atoms with Gasteiger partial charge in [0.25, 0.3) is 0 Å². The molecule has 0 unspecified atom stereocenters. The first kappa shape index (κ1) is 12.9. The molecule has 1 fully saturated rings. The van der Waals surface area contributed by atoms with Crippen LogP contribution in [-0.4, -0.2) is 25.4 Å². The lowest BCUT2D eigenvalue weighted by molar-refractivity contribution is 0.297. The van der Waals surface area contributed by atoms with Crippen LogP contribution in [0.1, 0.15) is 30.0 Å². The maximum absolute atomic E-state index is 14.1. The quantitative estimate of drug-likeness (QED) is 0.763. The van der Waals surface area contributed by atoms with Crippen LogP contribution in [0.3, 0.4) is 0 Å². The lowest BCUT2D eigenvalue weighted by Gasteiger charge is -2.08. The summed E-state index contributed by atoms with van der Waals surface area (Å²) in [6, 6.07) is 3.07. The monoisotopic (exact) mass is 300 g/mol. The molecule has 3 heterocycles. The fourth-order valence-corrected chi connectivity index (χ4v) is 2.31. The normalized spacial score (nSPS) is 14.4. The summed E-state index contributed by atoms with van der Waals surface area (Å²) in [7, 11) is 0. The van der Waals surface area contributed by atoms with E-state index in [1.165, 1.54) is 12.1 Å². The first-order chi connectivity index (χ1) is 10.7. The number of aromatic amines is 1. The lowest BCUT2D eigenvalue weighted by atomic mass is 10.2. The summed E-state index contributed by atoms with van der Waals surface area (Å²) >= 11 is 0. The molecule has 22 heavy (non-hydrogen) atoms. The van der Waals surface area contributed by atoms with Gasteiger partial charge in [0, 0.05) is 12.3 Å². The van der Waals surface area contributed by atoms with Crippen molar-refractivity contribution in [2.24, 2.45) is 0 Å². The second-order valence-corrected chi connectivity index (χ2v) is 5.30. The zero-order chi connectivity index (χ0) is 15.1. The molecule has 0 spiro atoms. The van der Waals surface area contributed by atoms with Crippen molar-refractivity contribution in [1.29, 1.82) is 0 Å². The molecule has 8 heteroatoms. The number of hydrogen-bond acceptors (Lipinski definition) is 6. The summed E-state index contributed by atoms with van der Waals surface area (Å²) in [4.78, 5) is 8.16. The van der Waals surface area contributed by atoms with Gasteiger partial charge in [0.05, 0.1) is 0 Å². The highest BCUT2D eigenvalue weighted by Gasteiger charge is 2.24. The Morgan fingerprint density at radius 2 is 2.18 bits per heavy atom. The summed E-state index contributed by atoms with van der Waals surface area (Å²) in [5.41, 5.74) is 7.68. The molecular formula is C14H13FN6O. The van der Waals surface area contributed by atoms with Crippen LogP contribution in [0, 0.1) is 5.82 Å². The third kappa shape index (κ3) is 2.32. The Morgan fingerprint density at radius 3 is 2.95 bits per heavy atom.